The van der Waals surface area contributed by atoms with Crippen molar-refractivity contribution in [2.24, 2.45) is 5.92 Å². The fourth-order valence-electron chi connectivity index (χ4n) is 10.1. The van der Waals surface area contributed by atoms with Gasteiger partial charge in [0.05, 0.1) is 41.3 Å². The fourth-order valence-corrected chi connectivity index (χ4v) is 10.1. The molecule has 0 aliphatic carbocycles. The topological polar surface area (TPSA) is 232 Å². The smallest absolute Gasteiger partial charge is 0.410 e. The number of carbonyl (C=O) groups excluding carboxylic acids is 4. The van der Waals surface area contributed by atoms with Crippen molar-refractivity contribution in [3.63, 3.8) is 0 Å². The highest BCUT2D eigenvalue weighted by Crippen LogP contribution is 2.41. The van der Waals surface area contributed by atoms with Crippen LogP contribution in [0.25, 0.3) is 11.4 Å². The highest BCUT2D eigenvalue weighted by Gasteiger charge is 2.60. The van der Waals surface area contributed by atoms with E-state index in [-0.39, 0.29) is 32.4 Å². The number of aromatic nitrogens is 4. The van der Waals surface area contributed by atoms with Crippen molar-refractivity contribution < 1.29 is 57.1 Å². The number of halogens is 1. The van der Waals surface area contributed by atoms with E-state index in [0.717, 1.165) is 6.92 Å². The van der Waals surface area contributed by atoms with Crippen LogP contribution in [0.4, 0.5) is 15.0 Å². The van der Waals surface area contributed by atoms with E-state index in [1.54, 1.807) is 104 Å². The Labute approximate surface area is 397 Å². The van der Waals surface area contributed by atoms with Crippen molar-refractivity contribution in [1.29, 1.82) is 0 Å². The normalized spacial score (nSPS) is 34.0. The lowest BCUT2D eigenvalue weighted by molar-refractivity contribution is -0.300. The highest BCUT2D eigenvalue weighted by molar-refractivity contribution is 6.07. The maximum atomic E-state index is 17.1. The predicted octanol–water partition coefficient (Wildman–Crippen LogP) is 4.36. The number of hydrogen-bond acceptors (Lipinski definition) is 17. The Hall–Kier alpha value is -5.12. The maximum absolute atomic E-state index is 17.1. The number of esters is 2. The van der Waals surface area contributed by atoms with Crippen LogP contribution < -0.4 is 11.1 Å². The molecule has 0 saturated carbocycles. The summed E-state index contributed by atoms with van der Waals surface area (Å²) in [7, 11) is 4.99. The van der Waals surface area contributed by atoms with Crippen molar-refractivity contribution in [2.75, 3.05) is 40.1 Å². The van der Waals surface area contributed by atoms with Crippen molar-refractivity contribution in [3.05, 3.63) is 60.3 Å². The summed E-state index contributed by atoms with van der Waals surface area (Å²) in [6, 6.07) is 11.5. The molecule has 2 aromatic heterocycles. The second kappa shape index (κ2) is 21.7. The van der Waals surface area contributed by atoms with E-state index in [2.05, 4.69) is 20.6 Å². The molecule has 1 aromatic carbocycles. The van der Waals surface area contributed by atoms with Crippen LogP contribution >= 0.6 is 0 Å². The Bertz CT molecular complexity index is 2220. The first-order chi connectivity index (χ1) is 32.1. The van der Waals surface area contributed by atoms with Crippen LogP contribution in [0.3, 0.4) is 0 Å². The molecule has 3 fully saturated rings. The number of ketones is 1. The van der Waals surface area contributed by atoms with Gasteiger partial charge >= 0.3 is 18.0 Å². The number of cyclic esters (lactones) is 1. The van der Waals surface area contributed by atoms with Gasteiger partial charge in [-0.2, -0.15) is 0 Å². The lowest BCUT2D eigenvalue weighted by Crippen LogP contribution is -2.64. The predicted molar refractivity (Wildman–Crippen MR) is 247 cm³/mol. The van der Waals surface area contributed by atoms with E-state index < -0.39 is 101 Å². The number of anilines is 1. The van der Waals surface area contributed by atoms with Gasteiger partial charge < -0.3 is 49.5 Å². The summed E-state index contributed by atoms with van der Waals surface area (Å²) in [6.07, 6.45) is -3.14. The Morgan fingerprint density at radius 3 is 2.40 bits per heavy atom. The number of hydrogen-bond donors (Lipinski definition) is 3. The summed E-state index contributed by atoms with van der Waals surface area (Å²) < 4.78 is 55.7. The molecule has 3 aliphatic heterocycles. The summed E-state index contributed by atoms with van der Waals surface area (Å²) in [4.78, 5) is 63.1. The molecule has 4 N–H and O–H groups in total. The Morgan fingerprint density at radius 1 is 1.03 bits per heavy atom. The van der Waals surface area contributed by atoms with Crippen molar-refractivity contribution in [1.82, 2.24) is 35.1 Å². The molecule has 68 heavy (non-hydrogen) atoms. The van der Waals surface area contributed by atoms with Crippen LogP contribution in [0.2, 0.25) is 0 Å². The molecule has 20 heteroatoms. The molecule has 0 bridgehead atoms. The van der Waals surface area contributed by atoms with Gasteiger partial charge in [-0.1, -0.05) is 43.3 Å². The SMILES string of the molecule is CC[C@H]1OC(=O)[C@@](C)(F)C(=O)[C@H](C)[C@@H](O[C@@H]2O[C@H](COC(=O)c3ccccc3)C[C@H](N(C)C)[C@H]2O)[C@@](C)(OC)C[C@@H](C)N[C@H](C)[C@H]2N(CCCCn3cc(-c4cccc(N)n4)nn3)C(=O)O[C@]12C. The summed E-state index contributed by atoms with van der Waals surface area (Å²) in [5.41, 5.74) is 1.27. The van der Waals surface area contributed by atoms with E-state index >= 15 is 4.39 Å². The standard InChI is InChI=1S/C48H69FN8O11/c1-11-36-48(7)39(57(45(62)68-48)23-16-15-22-56-26-34(53-54-56)33-20-17-21-37(50)52-33)30(4)51-28(2)25-46(5,63-10)41(29(3)40(59)47(6,49)44(61)66-36)67-43-38(58)35(55(8)9)24-32(65-43)27-64-42(60)31-18-13-12-14-19-31/h12-14,17-21,26,28-30,32,35-36,38-39,41,43,51,58H,11,15-16,22-25,27H2,1-10H3,(H2,50,52)/t28-,29+,30-,32+,35+,36-,38-,39-,41-,43+,46+,47+,48-/m1/s1. The quantitative estimate of drug-likeness (QED) is 0.0882. The molecule has 19 nitrogen and oxygen atoms in total. The van der Waals surface area contributed by atoms with Gasteiger partial charge in [-0.25, -0.2) is 23.8 Å². The first-order valence-electron chi connectivity index (χ1n) is 23.4. The average molecular weight is 953 g/mol. The van der Waals surface area contributed by atoms with Gasteiger partial charge in [-0.3, -0.25) is 14.4 Å². The third-order valence-corrected chi connectivity index (χ3v) is 13.7. The third kappa shape index (κ3) is 11.3. The monoisotopic (exact) mass is 953 g/mol. The van der Waals surface area contributed by atoms with Crippen LogP contribution in [-0.2, 0) is 44.6 Å². The van der Waals surface area contributed by atoms with E-state index in [0.29, 0.717) is 42.2 Å². The molecule has 0 radical (unpaired) electrons. The van der Waals surface area contributed by atoms with E-state index in [1.807, 2.05) is 13.8 Å². The zero-order valence-corrected chi connectivity index (χ0v) is 40.8. The number of Topliss-reactive ketones (excluding diaryl/α,β-unsaturated/α-hetero) is 1. The van der Waals surface area contributed by atoms with Crippen LogP contribution in [0.5, 0.6) is 0 Å². The van der Waals surface area contributed by atoms with E-state index in [4.69, 9.17) is 34.2 Å². The Kier molecular flexibility index (Phi) is 16.7. The molecule has 0 unspecified atom stereocenters. The number of nitrogens with zero attached hydrogens (tertiary/aromatic N) is 6. The molecular formula is C48H69FN8O11. The number of pyridine rings is 1. The molecule has 3 aromatic rings. The Balaban J connectivity index is 1.25. The molecular weight excluding hydrogens is 884 g/mol. The molecule has 13 atom stereocenters. The summed E-state index contributed by atoms with van der Waals surface area (Å²) >= 11 is 0. The first-order valence-corrected chi connectivity index (χ1v) is 23.4. The number of rotatable bonds is 14. The molecule has 3 saturated heterocycles. The van der Waals surface area contributed by atoms with Crippen molar-refractivity contribution >= 4 is 29.6 Å². The van der Waals surface area contributed by atoms with Gasteiger partial charge in [0.25, 0.3) is 5.67 Å². The number of aliphatic hydroxyl groups excluding tert-OH is 1. The minimum Gasteiger partial charge on any atom is -0.459 e. The van der Waals surface area contributed by atoms with Gasteiger partial charge in [0.2, 0.25) is 0 Å². The molecule has 374 valence electrons. The summed E-state index contributed by atoms with van der Waals surface area (Å²) in [5.74, 6) is -4.20. The number of nitrogens with two attached hydrogens (primary N) is 1. The molecule has 1 amide bonds. The molecule has 3 aliphatic rings. The highest BCUT2D eigenvalue weighted by atomic mass is 19.1. The fraction of sp³-hybridized carbons (Fsp3) is 0.646. The number of carbonyl (C=O) groups is 4. The van der Waals surface area contributed by atoms with Gasteiger partial charge in [-0.15, -0.1) is 5.10 Å². The summed E-state index contributed by atoms with van der Waals surface area (Å²) in [6.45, 7) is 11.8. The van der Waals surface area contributed by atoms with Crippen molar-refractivity contribution in [3.8, 4) is 11.4 Å². The molecule has 0 spiro atoms. The van der Waals surface area contributed by atoms with Gasteiger partial charge in [0.1, 0.15) is 30.3 Å². The number of amides is 1. The third-order valence-electron chi connectivity index (χ3n) is 13.7. The second-order valence-electron chi connectivity index (χ2n) is 19.2. The number of aliphatic hydroxyl groups is 1. The minimum atomic E-state index is -3.21. The molecule has 6 rings (SSSR count). The number of benzene rings is 1. The number of methoxy groups -OCH3 is 1. The maximum Gasteiger partial charge on any atom is 0.410 e. The number of ether oxygens (including phenoxy) is 6. The number of aryl methyl sites for hydroxylation is 1. The van der Waals surface area contributed by atoms with Gasteiger partial charge in [0.15, 0.2) is 17.7 Å². The number of unbranched alkanes of at least 4 members (excludes halogenated alkanes) is 1. The number of alkyl halides is 1. The lowest BCUT2D eigenvalue weighted by atomic mass is 9.78. The second-order valence-corrected chi connectivity index (χ2v) is 19.2. The van der Waals surface area contributed by atoms with Crippen LogP contribution in [-0.4, -0.2) is 165 Å². The number of fused-ring (bicyclic) bond motifs is 1. The van der Waals surface area contributed by atoms with Gasteiger partial charge in [-0.05, 0) is 105 Å². The minimum absolute atomic E-state index is 0.123. The zero-order chi connectivity index (χ0) is 49.7. The largest absolute Gasteiger partial charge is 0.459 e. The van der Waals surface area contributed by atoms with E-state index in [9.17, 15) is 24.3 Å². The number of nitrogen functional groups attached to an aromatic ring is 1. The van der Waals surface area contributed by atoms with Crippen LogP contribution in [0.1, 0.15) is 90.9 Å². The number of nitrogens with one attached hydrogen (secondary N) is 1. The summed E-state index contributed by atoms with van der Waals surface area (Å²) in [5, 5.41) is 23.9. The lowest BCUT2D eigenvalue weighted by Gasteiger charge is -2.47. The number of likely N-dealkylation sites (N-methyl/N-ethyl adjacent to an activating group) is 1. The van der Waals surface area contributed by atoms with Gasteiger partial charge in [0, 0.05) is 44.2 Å². The van der Waals surface area contributed by atoms with Crippen LogP contribution in [0, 0.1) is 5.92 Å². The van der Waals surface area contributed by atoms with E-state index in [1.165, 1.54) is 14.0 Å². The Morgan fingerprint density at radius 2 is 1.74 bits per heavy atom. The first kappa shape index (κ1) is 52.3. The molecule has 5 heterocycles. The average Bonchev–Trinajstić information content (AvgIpc) is 3.88. The zero-order valence-electron chi connectivity index (χ0n) is 40.8. The van der Waals surface area contributed by atoms with Crippen LogP contribution in [0.15, 0.2) is 54.7 Å². The van der Waals surface area contributed by atoms with Crippen molar-refractivity contribution in [2.45, 2.75) is 159 Å².